The molecule has 0 heterocycles. The summed E-state index contributed by atoms with van der Waals surface area (Å²) in [4.78, 5) is 12.1. The zero-order valence-corrected chi connectivity index (χ0v) is 11.1. The molecule has 98 valence electrons. The van der Waals surface area contributed by atoms with Gasteiger partial charge in [0, 0.05) is 6.42 Å². The molecule has 2 nitrogen and oxygen atoms in total. The normalized spacial score (nSPS) is 10.3. The lowest BCUT2D eigenvalue weighted by Gasteiger charge is -2.06. The third-order valence-corrected chi connectivity index (χ3v) is 3.06. The van der Waals surface area contributed by atoms with Gasteiger partial charge in [-0.05, 0) is 29.8 Å². The molecule has 0 radical (unpaired) electrons. The minimum absolute atomic E-state index is 0.0630. The first-order chi connectivity index (χ1) is 9.11. The van der Waals surface area contributed by atoms with Gasteiger partial charge in [0.2, 0.25) is 0 Å². The van der Waals surface area contributed by atoms with Gasteiger partial charge >= 0.3 is 0 Å². The van der Waals surface area contributed by atoms with E-state index in [-0.39, 0.29) is 22.8 Å². The van der Waals surface area contributed by atoms with Crippen LogP contribution in [0.2, 0.25) is 5.02 Å². The molecule has 2 aromatic rings. The van der Waals surface area contributed by atoms with Crippen LogP contribution in [0.15, 0.2) is 42.5 Å². The summed E-state index contributed by atoms with van der Waals surface area (Å²) in [6.07, 6.45) is 0.0812. The lowest BCUT2D eigenvalue weighted by atomic mass is 10.0. The molecule has 0 aliphatic heterocycles. The van der Waals surface area contributed by atoms with Crippen LogP contribution >= 0.6 is 11.6 Å². The smallest absolute Gasteiger partial charge is 0.171 e. The highest BCUT2D eigenvalue weighted by Crippen LogP contribution is 2.22. The number of benzene rings is 2. The summed E-state index contributed by atoms with van der Waals surface area (Å²) in [7, 11) is 1.55. The van der Waals surface area contributed by atoms with E-state index in [1.165, 1.54) is 18.2 Å². The van der Waals surface area contributed by atoms with Crippen molar-refractivity contribution in [3.63, 3.8) is 0 Å². The lowest BCUT2D eigenvalue weighted by molar-refractivity contribution is 0.0989. The molecule has 0 fully saturated rings. The van der Waals surface area contributed by atoms with Crippen LogP contribution < -0.4 is 4.74 Å². The van der Waals surface area contributed by atoms with Crippen molar-refractivity contribution >= 4 is 17.4 Å². The molecule has 0 spiro atoms. The Balaban J connectivity index is 2.26. The van der Waals surface area contributed by atoms with Gasteiger partial charge in [0.15, 0.2) is 5.78 Å². The van der Waals surface area contributed by atoms with Crippen LogP contribution in [0.5, 0.6) is 5.75 Å². The van der Waals surface area contributed by atoms with E-state index in [0.717, 1.165) is 5.56 Å². The Morgan fingerprint density at radius 1 is 1.26 bits per heavy atom. The molecule has 0 aliphatic carbocycles. The monoisotopic (exact) mass is 278 g/mol. The van der Waals surface area contributed by atoms with Gasteiger partial charge in [-0.2, -0.15) is 0 Å². The van der Waals surface area contributed by atoms with Crippen LogP contribution in [0, 0.1) is 5.82 Å². The molecule has 0 bridgehead atoms. The molecule has 4 heteroatoms. The Morgan fingerprint density at radius 3 is 2.68 bits per heavy atom. The van der Waals surface area contributed by atoms with Gasteiger partial charge in [0.05, 0.1) is 17.7 Å². The van der Waals surface area contributed by atoms with Crippen molar-refractivity contribution in [3.05, 3.63) is 64.4 Å². The Morgan fingerprint density at radius 2 is 2.00 bits per heavy atom. The van der Waals surface area contributed by atoms with Crippen molar-refractivity contribution in [1.82, 2.24) is 0 Å². The van der Waals surface area contributed by atoms with Crippen LogP contribution in [-0.4, -0.2) is 12.9 Å². The molecule has 0 saturated heterocycles. The highest BCUT2D eigenvalue weighted by Gasteiger charge is 2.16. The van der Waals surface area contributed by atoms with Crippen LogP contribution in [0.4, 0.5) is 4.39 Å². The number of Topliss-reactive ketones (excluding diaryl/α,β-unsaturated/α-hetero) is 1. The summed E-state index contributed by atoms with van der Waals surface area (Å²) in [5.41, 5.74) is 0.690. The van der Waals surface area contributed by atoms with E-state index in [2.05, 4.69) is 0 Å². The Bertz CT molecular complexity index is 591. The number of methoxy groups -OCH3 is 1. The summed E-state index contributed by atoms with van der Waals surface area (Å²) in [5.74, 6) is -0.290. The highest BCUT2D eigenvalue weighted by atomic mass is 35.5. The summed E-state index contributed by atoms with van der Waals surface area (Å²) in [6, 6.07) is 11.3. The number of hydrogen-bond acceptors (Lipinski definition) is 2. The zero-order chi connectivity index (χ0) is 13.8. The summed E-state index contributed by atoms with van der Waals surface area (Å²) in [6.45, 7) is 0. The van der Waals surface area contributed by atoms with E-state index >= 15 is 0 Å². The second-order valence-electron chi connectivity index (χ2n) is 4.05. The molecule has 0 atom stereocenters. The highest BCUT2D eigenvalue weighted by molar-refractivity contribution is 6.34. The molecule has 0 N–H and O–H groups in total. The average molecular weight is 279 g/mol. The second kappa shape index (κ2) is 5.85. The molecule has 2 aromatic carbocycles. The van der Waals surface area contributed by atoms with Crippen molar-refractivity contribution in [2.24, 2.45) is 0 Å². The molecule has 0 unspecified atom stereocenters. The maximum Gasteiger partial charge on any atom is 0.171 e. The lowest BCUT2D eigenvalue weighted by Crippen LogP contribution is -2.07. The number of carbonyl (C=O) groups excluding carboxylic acids is 1. The first-order valence-electron chi connectivity index (χ1n) is 5.72. The molecule has 0 saturated carbocycles. The van der Waals surface area contributed by atoms with E-state index in [0.29, 0.717) is 5.75 Å². The van der Waals surface area contributed by atoms with Gasteiger partial charge in [0.25, 0.3) is 0 Å². The molecule has 0 amide bonds. The third kappa shape index (κ3) is 3.12. The summed E-state index contributed by atoms with van der Waals surface area (Å²) < 4.78 is 18.7. The van der Waals surface area contributed by atoms with Gasteiger partial charge in [-0.15, -0.1) is 0 Å². The first-order valence-corrected chi connectivity index (χ1v) is 6.09. The Kier molecular flexibility index (Phi) is 4.17. The minimum atomic E-state index is -0.597. The van der Waals surface area contributed by atoms with E-state index in [4.69, 9.17) is 16.3 Å². The zero-order valence-electron chi connectivity index (χ0n) is 10.3. The molecule has 0 aliphatic rings. The molecule has 19 heavy (non-hydrogen) atoms. The molecule has 2 rings (SSSR count). The maximum atomic E-state index is 13.6. The quantitative estimate of drug-likeness (QED) is 0.793. The maximum absolute atomic E-state index is 13.6. The van der Waals surface area contributed by atoms with Gasteiger partial charge < -0.3 is 4.74 Å². The van der Waals surface area contributed by atoms with E-state index in [1.807, 2.05) is 0 Å². The van der Waals surface area contributed by atoms with E-state index in [1.54, 1.807) is 31.4 Å². The largest absolute Gasteiger partial charge is 0.497 e. The molecular formula is C15H12ClFO2. The number of halogens is 2. The Labute approximate surface area is 115 Å². The predicted octanol–water partition coefficient (Wildman–Crippen LogP) is 3.91. The average Bonchev–Trinajstić information content (AvgIpc) is 2.38. The summed E-state index contributed by atoms with van der Waals surface area (Å²) >= 11 is 5.86. The van der Waals surface area contributed by atoms with Crippen molar-refractivity contribution in [2.75, 3.05) is 7.11 Å². The van der Waals surface area contributed by atoms with Crippen molar-refractivity contribution < 1.29 is 13.9 Å². The van der Waals surface area contributed by atoms with Gasteiger partial charge in [0.1, 0.15) is 11.6 Å². The van der Waals surface area contributed by atoms with Crippen LogP contribution in [0.3, 0.4) is 0 Å². The third-order valence-electron chi connectivity index (χ3n) is 2.74. The first kappa shape index (κ1) is 13.6. The molecule has 0 aromatic heterocycles. The number of ether oxygens (including phenoxy) is 1. The van der Waals surface area contributed by atoms with Crippen molar-refractivity contribution in [1.29, 1.82) is 0 Å². The van der Waals surface area contributed by atoms with Gasteiger partial charge in [-0.1, -0.05) is 29.8 Å². The number of ketones is 1. The predicted molar refractivity (Wildman–Crippen MR) is 72.4 cm³/mol. The second-order valence-corrected chi connectivity index (χ2v) is 4.46. The fraction of sp³-hybridized carbons (Fsp3) is 0.133. The fourth-order valence-electron chi connectivity index (χ4n) is 1.82. The number of rotatable bonds is 4. The van der Waals surface area contributed by atoms with Crippen molar-refractivity contribution in [3.8, 4) is 5.75 Å². The molecular weight excluding hydrogens is 267 g/mol. The van der Waals surface area contributed by atoms with E-state index in [9.17, 15) is 9.18 Å². The van der Waals surface area contributed by atoms with E-state index < -0.39 is 5.82 Å². The topological polar surface area (TPSA) is 26.3 Å². The fourth-order valence-corrected chi connectivity index (χ4v) is 2.09. The van der Waals surface area contributed by atoms with Crippen molar-refractivity contribution in [2.45, 2.75) is 6.42 Å². The summed E-state index contributed by atoms with van der Waals surface area (Å²) in [5, 5.41) is 0.132. The number of hydrogen-bond donors (Lipinski definition) is 0. The number of carbonyl (C=O) groups is 1. The van der Waals surface area contributed by atoms with Gasteiger partial charge in [-0.25, -0.2) is 4.39 Å². The van der Waals surface area contributed by atoms with Gasteiger partial charge in [-0.3, -0.25) is 4.79 Å². The Hall–Kier alpha value is -1.87. The minimum Gasteiger partial charge on any atom is -0.497 e. The van der Waals surface area contributed by atoms with Crippen LogP contribution in [-0.2, 0) is 6.42 Å². The SMILES string of the molecule is COc1cccc(CC(=O)c2c(F)cccc2Cl)c1. The van der Waals surface area contributed by atoms with Crippen LogP contribution in [0.25, 0.3) is 0 Å². The van der Waals surface area contributed by atoms with Crippen LogP contribution in [0.1, 0.15) is 15.9 Å². The standard InChI is InChI=1S/C15H12ClFO2/c1-19-11-5-2-4-10(8-11)9-14(18)15-12(16)6-3-7-13(15)17/h2-8H,9H2,1H3.